The second-order valence-corrected chi connectivity index (χ2v) is 7.01. The van der Waals surface area contributed by atoms with Crippen molar-refractivity contribution in [1.29, 1.82) is 0 Å². The van der Waals surface area contributed by atoms with Crippen LogP contribution in [0.4, 0.5) is 35.1 Å². The molecule has 3 rings (SSSR count). The summed E-state index contributed by atoms with van der Waals surface area (Å²) >= 11 is 0. The number of benzene rings is 2. The van der Waals surface area contributed by atoms with Gasteiger partial charge in [0.2, 0.25) is 0 Å². The summed E-state index contributed by atoms with van der Waals surface area (Å²) in [7, 11) is 0. The second kappa shape index (κ2) is 8.52. The van der Waals surface area contributed by atoms with Crippen molar-refractivity contribution in [2.75, 3.05) is 6.61 Å². The van der Waals surface area contributed by atoms with Gasteiger partial charge in [0, 0.05) is 12.0 Å². The van der Waals surface area contributed by atoms with Crippen molar-refractivity contribution in [3.63, 3.8) is 0 Å². The number of rotatable bonds is 5. The molecule has 0 radical (unpaired) electrons. The summed E-state index contributed by atoms with van der Waals surface area (Å²) in [6.07, 6.45) is -8.62. The Kier molecular flexibility index (Phi) is 6.35. The summed E-state index contributed by atoms with van der Waals surface area (Å²) in [5.41, 5.74) is -1.57. The molecule has 11 heteroatoms. The Bertz CT molecular complexity index is 937. The molecule has 1 saturated heterocycles. The van der Waals surface area contributed by atoms with E-state index in [9.17, 15) is 35.1 Å². The van der Waals surface area contributed by atoms with Crippen LogP contribution in [0.2, 0.25) is 0 Å². The third-order valence-electron chi connectivity index (χ3n) is 4.74. The fourth-order valence-corrected chi connectivity index (χ4v) is 3.19. The van der Waals surface area contributed by atoms with E-state index in [-0.39, 0.29) is 24.3 Å². The van der Waals surface area contributed by atoms with E-state index in [4.69, 9.17) is 4.74 Å². The van der Waals surface area contributed by atoms with Gasteiger partial charge in [-0.2, -0.15) is 8.78 Å². The Morgan fingerprint density at radius 2 is 1.61 bits per heavy atom. The van der Waals surface area contributed by atoms with Gasteiger partial charge < -0.3 is 14.2 Å². The molecule has 1 heterocycles. The van der Waals surface area contributed by atoms with E-state index in [0.29, 0.717) is 31.0 Å². The van der Waals surface area contributed by atoms with Crippen molar-refractivity contribution >= 4 is 0 Å². The minimum absolute atomic E-state index is 0.0468. The van der Waals surface area contributed by atoms with E-state index in [2.05, 4.69) is 9.47 Å². The highest BCUT2D eigenvalue weighted by Gasteiger charge is 2.40. The van der Waals surface area contributed by atoms with Crippen molar-refractivity contribution < 1.29 is 49.3 Å². The number of hydrogen-bond acceptors (Lipinski definition) is 3. The molecule has 0 N–H and O–H groups in total. The summed E-state index contributed by atoms with van der Waals surface area (Å²) in [6, 6.07) is 2.83. The molecule has 0 aromatic heterocycles. The van der Waals surface area contributed by atoms with Crippen LogP contribution in [-0.4, -0.2) is 19.1 Å². The maximum Gasteiger partial charge on any atom is 0.573 e. The van der Waals surface area contributed by atoms with Gasteiger partial charge >= 0.3 is 12.5 Å². The van der Waals surface area contributed by atoms with Gasteiger partial charge in [0.25, 0.3) is 0 Å². The molecule has 31 heavy (non-hydrogen) atoms. The van der Waals surface area contributed by atoms with Crippen LogP contribution < -0.4 is 9.47 Å². The fourth-order valence-electron chi connectivity index (χ4n) is 3.19. The Balaban J connectivity index is 1.82. The summed E-state index contributed by atoms with van der Waals surface area (Å²) in [4.78, 5) is 0. The molecular weight excluding hydrogens is 440 g/mol. The zero-order valence-electron chi connectivity index (χ0n) is 15.9. The first-order valence-corrected chi connectivity index (χ1v) is 9.09. The van der Waals surface area contributed by atoms with Crippen LogP contribution in [0, 0.1) is 17.5 Å². The Labute approximate surface area is 171 Å². The molecule has 1 fully saturated rings. The average molecular weight is 456 g/mol. The first-order chi connectivity index (χ1) is 14.4. The standard InChI is InChI=1S/C20H16F8O3/c1-10-2-3-11(9-29-10)13-5-6-14(18(23)17(13)22)19(24,25)30-12-4-7-16(15(21)8-12)31-20(26,27)28/h4-8,10-11H,2-3,9H2,1H3. The first-order valence-electron chi connectivity index (χ1n) is 9.09. The minimum Gasteiger partial charge on any atom is -0.429 e. The lowest BCUT2D eigenvalue weighted by Crippen LogP contribution is -2.26. The van der Waals surface area contributed by atoms with Crippen molar-refractivity contribution in [2.24, 2.45) is 0 Å². The van der Waals surface area contributed by atoms with Crippen LogP contribution in [0.5, 0.6) is 11.5 Å². The van der Waals surface area contributed by atoms with Crippen molar-refractivity contribution in [3.05, 3.63) is 58.9 Å². The number of hydrogen-bond donors (Lipinski definition) is 0. The third kappa shape index (κ3) is 5.38. The van der Waals surface area contributed by atoms with Crippen LogP contribution in [0.25, 0.3) is 0 Å². The molecule has 2 aromatic rings. The quantitative estimate of drug-likeness (QED) is 0.487. The van der Waals surface area contributed by atoms with E-state index in [1.807, 2.05) is 6.92 Å². The van der Waals surface area contributed by atoms with Crippen molar-refractivity contribution in [3.8, 4) is 11.5 Å². The van der Waals surface area contributed by atoms with Crippen LogP contribution in [0.15, 0.2) is 30.3 Å². The summed E-state index contributed by atoms with van der Waals surface area (Å²) in [5, 5.41) is 0. The van der Waals surface area contributed by atoms with E-state index < -0.39 is 52.9 Å². The zero-order valence-corrected chi connectivity index (χ0v) is 15.9. The fraction of sp³-hybridized carbons (Fsp3) is 0.400. The Hall–Kier alpha value is -2.56. The predicted octanol–water partition coefficient (Wildman–Crippen LogP) is 6.41. The number of ether oxygens (including phenoxy) is 3. The van der Waals surface area contributed by atoms with E-state index >= 15 is 0 Å². The molecule has 0 amide bonds. The molecule has 2 unspecified atom stereocenters. The van der Waals surface area contributed by atoms with Gasteiger partial charge in [0.1, 0.15) is 11.3 Å². The average Bonchev–Trinajstić information content (AvgIpc) is 2.65. The molecule has 2 atom stereocenters. The molecule has 1 aliphatic rings. The minimum atomic E-state index is -5.20. The molecule has 170 valence electrons. The topological polar surface area (TPSA) is 27.7 Å². The van der Waals surface area contributed by atoms with Gasteiger partial charge in [-0.25, -0.2) is 13.2 Å². The molecular formula is C20H16F8O3. The van der Waals surface area contributed by atoms with E-state index in [1.54, 1.807) is 0 Å². The maximum atomic E-state index is 14.5. The molecule has 0 bridgehead atoms. The van der Waals surface area contributed by atoms with Crippen LogP contribution >= 0.6 is 0 Å². The van der Waals surface area contributed by atoms with E-state index in [0.717, 1.165) is 6.07 Å². The Morgan fingerprint density at radius 3 is 2.19 bits per heavy atom. The SMILES string of the molecule is CC1CCC(c2ccc(C(F)(F)Oc3ccc(OC(F)(F)F)c(F)c3)c(F)c2F)CO1. The molecule has 0 spiro atoms. The highest BCUT2D eigenvalue weighted by atomic mass is 19.4. The highest BCUT2D eigenvalue weighted by Crippen LogP contribution is 2.38. The molecule has 3 nitrogen and oxygen atoms in total. The van der Waals surface area contributed by atoms with Gasteiger partial charge in [-0.3, -0.25) is 0 Å². The van der Waals surface area contributed by atoms with Crippen molar-refractivity contribution in [2.45, 2.75) is 44.3 Å². The third-order valence-corrected chi connectivity index (χ3v) is 4.74. The normalized spacial score (nSPS) is 19.9. The van der Waals surface area contributed by atoms with Crippen LogP contribution in [0.1, 0.15) is 36.8 Å². The largest absolute Gasteiger partial charge is 0.573 e. The lowest BCUT2D eigenvalue weighted by Gasteiger charge is -2.28. The lowest BCUT2D eigenvalue weighted by molar-refractivity contribution is -0.275. The zero-order chi connectivity index (χ0) is 23.0. The summed E-state index contributed by atoms with van der Waals surface area (Å²) in [5.74, 6) is -7.67. The Morgan fingerprint density at radius 1 is 0.903 bits per heavy atom. The lowest BCUT2D eigenvalue weighted by atomic mass is 9.90. The maximum absolute atomic E-state index is 14.5. The van der Waals surface area contributed by atoms with Gasteiger partial charge in [-0.1, -0.05) is 6.07 Å². The number of halogens is 8. The van der Waals surface area contributed by atoms with Gasteiger partial charge in [-0.05, 0) is 43.5 Å². The second-order valence-electron chi connectivity index (χ2n) is 7.01. The molecule has 2 aromatic carbocycles. The smallest absolute Gasteiger partial charge is 0.429 e. The van der Waals surface area contributed by atoms with Crippen LogP contribution in [-0.2, 0) is 10.8 Å². The predicted molar refractivity (Wildman–Crippen MR) is 91.4 cm³/mol. The monoisotopic (exact) mass is 456 g/mol. The first kappa shape index (κ1) is 23.1. The molecule has 0 aliphatic carbocycles. The summed E-state index contributed by atoms with van der Waals surface area (Å²) < 4.78 is 121. The van der Waals surface area contributed by atoms with Gasteiger partial charge in [-0.15, -0.1) is 13.2 Å². The van der Waals surface area contributed by atoms with Gasteiger partial charge in [0.15, 0.2) is 23.2 Å². The van der Waals surface area contributed by atoms with Gasteiger partial charge in [0.05, 0.1) is 12.7 Å². The number of alkyl halides is 5. The molecule has 1 aliphatic heterocycles. The summed E-state index contributed by atoms with van der Waals surface area (Å²) in [6.45, 7) is 1.92. The highest BCUT2D eigenvalue weighted by molar-refractivity contribution is 5.35. The molecule has 0 saturated carbocycles. The van der Waals surface area contributed by atoms with Crippen LogP contribution in [0.3, 0.4) is 0 Å². The van der Waals surface area contributed by atoms with E-state index in [1.165, 1.54) is 0 Å². The van der Waals surface area contributed by atoms with Crippen molar-refractivity contribution in [1.82, 2.24) is 0 Å².